The average Bonchev–Trinajstić information content (AvgIpc) is 2.30. The third kappa shape index (κ3) is 2.15. The lowest BCUT2D eigenvalue weighted by Crippen LogP contribution is -2.44. The number of hydrazine groups is 1. The summed E-state index contributed by atoms with van der Waals surface area (Å²) in [6.07, 6.45) is 0. The van der Waals surface area contributed by atoms with Crippen molar-refractivity contribution in [2.75, 3.05) is 0 Å². The number of nitrogens with two attached hydrogens (primary N) is 1. The van der Waals surface area contributed by atoms with Crippen LogP contribution >= 0.6 is 11.6 Å². The summed E-state index contributed by atoms with van der Waals surface area (Å²) in [4.78, 5) is 4.29. The maximum Gasteiger partial charge on any atom is 0.227 e. The van der Waals surface area contributed by atoms with Crippen LogP contribution in [0.5, 0.6) is 0 Å². The van der Waals surface area contributed by atoms with Gasteiger partial charge in [0.1, 0.15) is 0 Å². The third-order valence-electron chi connectivity index (χ3n) is 2.28. The van der Waals surface area contributed by atoms with Gasteiger partial charge in [-0.25, -0.2) is 16.3 Å². The standard InChI is InChI=1S/C10H12ClN5/c1-6-9(15-16-10(13-6)14-12)7-2-4-8(11)5-3-7/h2-6H,12H2,1H3,(H2,13,14,16). The van der Waals surface area contributed by atoms with Crippen LogP contribution in [-0.2, 0) is 0 Å². The van der Waals surface area contributed by atoms with E-state index in [-0.39, 0.29) is 6.04 Å². The highest BCUT2D eigenvalue weighted by Gasteiger charge is 2.17. The van der Waals surface area contributed by atoms with Crippen LogP contribution in [0.1, 0.15) is 12.5 Å². The molecule has 1 atom stereocenters. The van der Waals surface area contributed by atoms with Crippen molar-refractivity contribution in [3.05, 3.63) is 34.9 Å². The molecule has 84 valence electrons. The molecule has 1 aromatic rings. The van der Waals surface area contributed by atoms with E-state index in [0.717, 1.165) is 11.3 Å². The Hall–Kier alpha value is -1.59. The Bertz CT molecular complexity index is 437. The number of hydrogen-bond donors (Lipinski definition) is 3. The number of aliphatic imine (C=N–C) groups is 1. The summed E-state index contributed by atoms with van der Waals surface area (Å²) in [5.74, 6) is 5.70. The first kappa shape index (κ1) is 10.9. The number of hydrazone groups is 1. The van der Waals surface area contributed by atoms with Crippen LogP contribution in [0, 0.1) is 0 Å². The van der Waals surface area contributed by atoms with E-state index in [1.54, 1.807) is 0 Å². The fourth-order valence-electron chi connectivity index (χ4n) is 1.49. The molecule has 1 aromatic carbocycles. The van der Waals surface area contributed by atoms with Crippen LogP contribution in [0.4, 0.5) is 0 Å². The zero-order valence-corrected chi connectivity index (χ0v) is 9.49. The molecule has 0 fully saturated rings. The zero-order valence-electron chi connectivity index (χ0n) is 8.74. The second-order valence-corrected chi connectivity index (χ2v) is 3.85. The molecule has 4 N–H and O–H groups in total. The van der Waals surface area contributed by atoms with E-state index in [9.17, 15) is 0 Å². The van der Waals surface area contributed by atoms with Gasteiger partial charge in [-0.1, -0.05) is 23.7 Å². The second kappa shape index (κ2) is 4.51. The number of benzene rings is 1. The molecule has 0 saturated carbocycles. The summed E-state index contributed by atoms with van der Waals surface area (Å²) in [5.41, 5.74) is 7.00. The van der Waals surface area contributed by atoms with Crippen LogP contribution < -0.4 is 16.7 Å². The van der Waals surface area contributed by atoms with Crippen LogP contribution in [0.15, 0.2) is 34.4 Å². The molecule has 0 aromatic heterocycles. The van der Waals surface area contributed by atoms with Gasteiger partial charge in [-0.15, -0.1) is 0 Å². The van der Waals surface area contributed by atoms with Crippen LogP contribution in [0.25, 0.3) is 0 Å². The van der Waals surface area contributed by atoms with Crippen molar-refractivity contribution >= 4 is 23.3 Å². The van der Waals surface area contributed by atoms with Crippen LogP contribution in [-0.4, -0.2) is 17.7 Å². The van der Waals surface area contributed by atoms with Crippen LogP contribution in [0.2, 0.25) is 5.02 Å². The predicted molar refractivity (Wildman–Crippen MR) is 65.3 cm³/mol. The number of rotatable bonds is 1. The molecule has 1 aliphatic heterocycles. The molecule has 0 aliphatic carbocycles. The predicted octanol–water partition coefficient (Wildman–Crippen LogP) is 0.855. The number of guanidine groups is 1. The van der Waals surface area contributed by atoms with Gasteiger partial charge < -0.3 is 0 Å². The summed E-state index contributed by atoms with van der Waals surface area (Å²) in [6, 6.07) is 7.43. The maximum absolute atomic E-state index is 5.82. The normalized spacial score (nSPS) is 19.6. The first-order valence-corrected chi connectivity index (χ1v) is 5.22. The van der Waals surface area contributed by atoms with Crippen molar-refractivity contribution in [1.29, 1.82) is 0 Å². The van der Waals surface area contributed by atoms with Gasteiger partial charge in [0, 0.05) is 10.6 Å². The summed E-state index contributed by atoms with van der Waals surface area (Å²) in [7, 11) is 0. The highest BCUT2D eigenvalue weighted by atomic mass is 35.5. The first-order valence-electron chi connectivity index (χ1n) is 4.84. The monoisotopic (exact) mass is 237 g/mol. The Morgan fingerprint density at radius 3 is 2.62 bits per heavy atom. The van der Waals surface area contributed by atoms with E-state index in [1.165, 1.54) is 0 Å². The lowest BCUT2D eigenvalue weighted by atomic mass is 10.0. The topological polar surface area (TPSA) is 74.8 Å². The van der Waals surface area contributed by atoms with Gasteiger partial charge in [-0.05, 0) is 19.1 Å². The molecule has 2 rings (SSSR count). The zero-order chi connectivity index (χ0) is 11.5. The Labute approximate surface area is 98.4 Å². The molecule has 0 amide bonds. The van der Waals surface area contributed by atoms with Gasteiger partial charge in [-0.3, -0.25) is 5.43 Å². The Morgan fingerprint density at radius 1 is 1.38 bits per heavy atom. The SMILES string of the molecule is CC1N=C(NN)NN=C1c1ccc(Cl)cc1. The van der Waals surface area contributed by atoms with E-state index in [4.69, 9.17) is 17.4 Å². The molecule has 5 nitrogen and oxygen atoms in total. The fraction of sp³-hybridized carbons (Fsp3) is 0.200. The molecular formula is C10H12ClN5. The minimum atomic E-state index is -0.0477. The summed E-state index contributed by atoms with van der Waals surface area (Å²) < 4.78 is 0. The first-order chi connectivity index (χ1) is 7.70. The average molecular weight is 238 g/mol. The summed E-state index contributed by atoms with van der Waals surface area (Å²) in [5, 5.41) is 4.92. The number of hydrogen-bond acceptors (Lipinski definition) is 5. The molecule has 0 spiro atoms. The lowest BCUT2D eigenvalue weighted by molar-refractivity contribution is 0.809. The highest BCUT2D eigenvalue weighted by Crippen LogP contribution is 2.14. The summed E-state index contributed by atoms with van der Waals surface area (Å²) in [6.45, 7) is 1.95. The second-order valence-electron chi connectivity index (χ2n) is 3.41. The van der Waals surface area contributed by atoms with Gasteiger partial charge in [0.15, 0.2) is 0 Å². The van der Waals surface area contributed by atoms with Crippen molar-refractivity contribution < 1.29 is 0 Å². The molecule has 1 unspecified atom stereocenters. The minimum absolute atomic E-state index is 0.0477. The van der Waals surface area contributed by atoms with Gasteiger partial charge in [-0.2, -0.15) is 5.10 Å². The number of halogens is 1. The molecular weight excluding hydrogens is 226 g/mol. The van der Waals surface area contributed by atoms with Gasteiger partial charge >= 0.3 is 0 Å². The van der Waals surface area contributed by atoms with E-state index in [0.29, 0.717) is 11.0 Å². The van der Waals surface area contributed by atoms with Crippen molar-refractivity contribution in [1.82, 2.24) is 10.9 Å². The van der Waals surface area contributed by atoms with Gasteiger partial charge in [0.2, 0.25) is 5.96 Å². The summed E-state index contributed by atoms with van der Waals surface area (Å²) >= 11 is 5.82. The molecule has 0 saturated heterocycles. The van der Waals surface area contributed by atoms with Gasteiger partial charge in [0.05, 0.1) is 11.8 Å². The van der Waals surface area contributed by atoms with E-state index < -0.39 is 0 Å². The largest absolute Gasteiger partial charge is 0.293 e. The molecule has 1 heterocycles. The molecule has 6 heteroatoms. The van der Waals surface area contributed by atoms with E-state index in [2.05, 4.69) is 20.9 Å². The van der Waals surface area contributed by atoms with Crippen molar-refractivity contribution in [3.63, 3.8) is 0 Å². The number of nitrogens with one attached hydrogen (secondary N) is 2. The molecule has 0 radical (unpaired) electrons. The third-order valence-corrected chi connectivity index (χ3v) is 2.53. The minimum Gasteiger partial charge on any atom is -0.293 e. The van der Waals surface area contributed by atoms with Crippen molar-refractivity contribution in [2.24, 2.45) is 15.9 Å². The molecule has 0 bridgehead atoms. The van der Waals surface area contributed by atoms with Crippen molar-refractivity contribution in [2.45, 2.75) is 13.0 Å². The van der Waals surface area contributed by atoms with Crippen molar-refractivity contribution in [3.8, 4) is 0 Å². The Morgan fingerprint density at radius 2 is 2.06 bits per heavy atom. The highest BCUT2D eigenvalue weighted by molar-refractivity contribution is 6.30. The maximum atomic E-state index is 5.82. The Kier molecular flexibility index (Phi) is 3.07. The smallest absolute Gasteiger partial charge is 0.227 e. The van der Waals surface area contributed by atoms with E-state index >= 15 is 0 Å². The number of nitrogens with zero attached hydrogens (tertiary/aromatic N) is 2. The van der Waals surface area contributed by atoms with E-state index in [1.807, 2.05) is 31.2 Å². The quantitative estimate of drug-likeness (QED) is 0.501. The van der Waals surface area contributed by atoms with Crippen LogP contribution in [0.3, 0.4) is 0 Å². The molecule has 1 aliphatic rings. The molecule has 16 heavy (non-hydrogen) atoms. The fourth-order valence-corrected chi connectivity index (χ4v) is 1.61. The Balaban J connectivity index is 2.24. The lowest BCUT2D eigenvalue weighted by Gasteiger charge is -2.18. The van der Waals surface area contributed by atoms with Gasteiger partial charge in [0.25, 0.3) is 0 Å².